The molecule has 0 fully saturated rings. The predicted octanol–water partition coefficient (Wildman–Crippen LogP) is 4.65. The lowest BCUT2D eigenvalue weighted by atomic mass is 10.2. The van der Waals surface area contributed by atoms with Crippen molar-refractivity contribution in [3.8, 4) is 28.4 Å². The van der Waals surface area contributed by atoms with Gasteiger partial charge >= 0.3 is 0 Å². The molecule has 0 radical (unpaired) electrons. The second-order valence-electron chi connectivity index (χ2n) is 7.95. The van der Waals surface area contributed by atoms with Crippen LogP contribution in [0.25, 0.3) is 16.9 Å². The van der Waals surface area contributed by atoms with Gasteiger partial charge < -0.3 is 14.4 Å². The highest BCUT2D eigenvalue weighted by atomic mass is 35.5. The van der Waals surface area contributed by atoms with Gasteiger partial charge in [-0.15, -0.1) is 0 Å². The van der Waals surface area contributed by atoms with Crippen LogP contribution in [0.1, 0.15) is 20.8 Å². The van der Waals surface area contributed by atoms with Crippen LogP contribution in [0.2, 0.25) is 5.02 Å². The molecule has 0 saturated carbocycles. The van der Waals surface area contributed by atoms with E-state index in [1.54, 1.807) is 37.0 Å². The zero-order valence-corrected chi connectivity index (χ0v) is 20.7. The maximum Gasteiger partial charge on any atom is 0.246 e. The van der Waals surface area contributed by atoms with E-state index >= 15 is 0 Å². The molecule has 3 rings (SSSR count). The van der Waals surface area contributed by atoms with E-state index in [9.17, 15) is 9.59 Å². The van der Waals surface area contributed by atoms with Crippen LogP contribution in [0, 0.1) is 5.92 Å². The molecule has 0 spiro atoms. The van der Waals surface area contributed by atoms with Crippen LogP contribution in [0.5, 0.6) is 11.5 Å². The van der Waals surface area contributed by atoms with Crippen molar-refractivity contribution in [3.63, 3.8) is 0 Å². The van der Waals surface area contributed by atoms with Crippen molar-refractivity contribution < 1.29 is 19.1 Å². The van der Waals surface area contributed by atoms with Crippen molar-refractivity contribution in [2.45, 2.75) is 20.8 Å². The zero-order chi connectivity index (χ0) is 24.8. The van der Waals surface area contributed by atoms with Crippen molar-refractivity contribution in [1.29, 1.82) is 0 Å². The lowest BCUT2D eigenvalue weighted by molar-refractivity contribution is -0.137. The number of methoxy groups -OCH3 is 2. The Morgan fingerprint density at radius 1 is 1.09 bits per heavy atom. The van der Waals surface area contributed by atoms with Crippen LogP contribution in [0.4, 0.5) is 5.95 Å². The largest absolute Gasteiger partial charge is 0.497 e. The van der Waals surface area contributed by atoms with Gasteiger partial charge in [0.1, 0.15) is 11.5 Å². The number of anilines is 1. The molecule has 1 heterocycles. The fourth-order valence-electron chi connectivity index (χ4n) is 3.40. The van der Waals surface area contributed by atoms with E-state index in [0.29, 0.717) is 40.4 Å². The number of hydrogen-bond acceptors (Lipinski definition) is 5. The number of halogens is 1. The molecule has 0 bridgehead atoms. The summed E-state index contributed by atoms with van der Waals surface area (Å²) in [5.41, 5.74) is 2.16. The number of aromatic nitrogens is 2. The Morgan fingerprint density at radius 3 is 2.24 bits per heavy atom. The minimum Gasteiger partial charge on any atom is -0.497 e. The maximum atomic E-state index is 12.9. The van der Waals surface area contributed by atoms with Gasteiger partial charge in [-0.2, -0.15) is 0 Å². The monoisotopic (exact) mass is 484 g/mol. The van der Waals surface area contributed by atoms with Gasteiger partial charge in [-0.25, -0.2) is 4.98 Å². The Kier molecular flexibility index (Phi) is 8.17. The molecule has 2 amide bonds. The Balaban J connectivity index is 2.00. The third kappa shape index (κ3) is 5.88. The number of carbonyl (C=O) groups is 2. The molecule has 0 aliphatic heterocycles. The summed E-state index contributed by atoms with van der Waals surface area (Å²) in [6.45, 7) is 5.82. The number of likely N-dealkylation sites (N-methyl/N-ethyl adjacent to an activating group) is 1. The first-order valence-electron chi connectivity index (χ1n) is 10.9. The van der Waals surface area contributed by atoms with E-state index in [1.807, 2.05) is 51.2 Å². The summed E-state index contributed by atoms with van der Waals surface area (Å²) in [7, 11) is 3.14. The summed E-state index contributed by atoms with van der Waals surface area (Å²) in [5.74, 6) is 0.857. The van der Waals surface area contributed by atoms with E-state index in [4.69, 9.17) is 21.1 Å². The van der Waals surface area contributed by atoms with E-state index in [1.165, 1.54) is 4.90 Å². The number of carbonyl (C=O) groups excluding carboxylic acids is 2. The van der Waals surface area contributed by atoms with Gasteiger partial charge in [0, 0.05) is 47.4 Å². The first-order chi connectivity index (χ1) is 16.2. The van der Waals surface area contributed by atoms with Crippen molar-refractivity contribution in [2.75, 3.05) is 32.6 Å². The van der Waals surface area contributed by atoms with Crippen LogP contribution >= 0.6 is 11.6 Å². The quantitative estimate of drug-likeness (QED) is 0.477. The maximum absolute atomic E-state index is 12.9. The van der Waals surface area contributed by atoms with Gasteiger partial charge in [0.25, 0.3) is 0 Å². The van der Waals surface area contributed by atoms with Crippen LogP contribution in [0.15, 0.2) is 48.7 Å². The highest BCUT2D eigenvalue weighted by Crippen LogP contribution is 2.30. The summed E-state index contributed by atoms with van der Waals surface area (Å²) in [5, 5.41) is 3.47. The van der Waals surface area contributed by atoms with Gasteiger partial charge in [0.2, 0.25) is 17.8 Å². The summed E-state index contributed by atoms with van der Waals surface area (Å²) >= 11 is 6.03. The Morgan fingerprint density at radius 2 is 1.71 bits per heavy atom. The molecule has 0 saturated heterocycles. The van der Waals surface area contributed by atoms with Gasteiger partial charge in [-0.1, -0.05) is 37.6 Å². The van der Waals surface area contributed by atoms with E-state index < -0.39 is 0 Å². The molecule has 0 unspecified atom stereocenters. The average molecular weight is 485 g/mol. The number of nitrogens with one attached hydrogen (secondary N) is 1. The van der Waals surface area contributed by atoms with E-state index in [0.717, 1.165) is 5.56 Å². The summed E-state index contributed by atoms with van der Waals surface area (Å²) in [4.78, 5) is 31.5. The van der Waals surface area contributed by atoms with Crippen LogP contribution in [-0.4, -0.2) is 53.6 Å². The number of benzene rings is 2. The van der Waals surface area contributed by atoms with Crippen LogP contribution in [-0.2, 0) is 9.59 Å². The molecule has 0 aliphatic carbocycles. The molecule has 2 aromatic carbocycles. The second kappa shape index (κ2) is 11.1. The SMILES string of the molecule is CCN(CC(=O)Nc1nc(-c2ccc(Cl)cc2)cn1-c1cc(OC)cc(OC)c1)C(=O)C(C)C. The number of imidazole rings is 1. The fourth-order valence-corrected chi connectivity index (χ4v) is 3.53. The summed E-state index contributed by atoms with van der Waals surface area (Å²) < 4.78 is 12.5. The van der Waals surface area contributed by atoms with Crippen molar-refractivity contribution in [2.24, 2.45) is 5.92 Å². The van der Waals surface area contributed by atoms with Crippen molar-refractivity contribution >= 4 is 29.4 Å². The molecule has 8 nitrogen and oxygen atoms in total. The topological polar surface area (TPSA) is 85.7 Å². The molecule has 1 N–H and O–H groups in total. The van der Waals surface area contributed by atoms with Crippen molar-refractivity contribution in [3.05, 3.63) is 53.7 Å². The highest BCUT2D eigenvalue weighted by molar-refractivity contribution is 6.30. The van der Waals surface area contributed by atoms with Crippen molar-refractivity contribution in [1.82, 2.24) is 14.5 Å². The second-order valence-corrected chi connectivity index (χ2v) is 8.39. The molecular formula is C25H29ClN4O4. The normalized spacial score (nSPS) is 10.8. The smallest absolute Gasteiger partial charge is 0.246 e. The van der Waals surface area contributed by atoms with Crippen LogP contribution < -0.4 is 14.8 Å². The summed E-state index contributed by atoms with van der Waals surface area (Å²) in [6.07, 6.45) is 1.81. The first kappa shape index (κ1) is 25.1. The van der Waals surface area contributed by atoms with E-state index in [-0.39, 0.29) is 24.3 Å². The van der Waals surface area contributed by atoms with Crippen LogP contribution in [0.3, 0.4) is 0 Å². The Hall–Kier alpha value is -3.52. The Bertz CT molecular complexity index is 1140. The standard InChI is InChI=1S/C25H29ClN4O4/c1-6-29(24(32)16(2)3)15-23(31)28-25-27-22(17-7-9-18(26)10-8-17)14-30(25)19-11-20(33-4)13-21(12-19)34-5/h7-14,16H,6,15H2,1-5H3,(H,27,28,31). The minimum absolute atomic E-state index is 0.0713. The third-order valence-electron chi connectivity index (χ3n) is 5.23. The number of rotatable bonds is 9. The molecule has 3 aromatic rings. The zero-order valence-electron chi connectivity index (χ0n) is 20.0. The third-order valence-corrected chi connectivity index (χ3v) is 5.49. The number of nitrogens with zero attached hydrogens (tertiary/aromatic N) is 3. The predicted molar refractivity (Wildman–Crippen MR) is 133 cm³/mol. The fraction of sp³-hybridized carbons (Fsp3) is 0.320. The lowest BCUT2D eigenvalue weighted by Gasteiger charge is -2.22. The average Bonchev–Trinajstić information content (AvgIpc) is 3.25. The molecule has 9 heteroatoms. The number of ether oxygens (including phenoxy) is 2. The lowest BCUT2D eigenvalue weighted by Crippen LogP contribution is -2.40. The minimum atomic E-state index is -0.347. The molecular weight excluding hydrogens is 456 g/mol. The number of amides is 2. The molecule has 0 aliphatic rings. The van der Waals surface area contributed by atoms with Gasteiger partial charge in [-0.05, 0) is 19.1 Å². The van der Waals surface area contributed by atoms with Gasteiger partial charge in [0.15, 0.2) is 0 Å². The summed E-state index contributed by atoms with van der Waals surface area (Å²) in [6, 6.07) is 12.6. The molecule has 1 aromatic heterocycles. The van der Waals surface area contributed by atoms with E-state index in [2.05, 4.69) is 10.3 Å². The Labute approximate surface area is 204 Å². The van der Waals surface area contributed by atoms with Gasteiger partial charge in [0.05, 0.1) is 32.1 Å². The number of hydrogen-bond donors (Lipinski definition) is 1. The first-order valence-corrected chi connectivity index (χ1v) is 11.3. The van der Waals surface area contributed by atoms with Gasteiger partial charge in [-0.3, -0.25) is 19.5 Å². The molecule has 34 heavy (non-hydrogen) atoms. The highest BCUT2D eigenvalue weighted by Gasteiger charge is 2.21. The molecule has 180 valence electrons. The molecule has 0 atom stereocenters.